The molecule has 1 aliphatic rings. The highest BCUT2D eigenvalue weighted by Gasteiger charge is 2.17. The van der Waals surface area contributed by atoms with Gasteiger partial charge in [-0.15, -0.1) is 12.4 Å². The topological polar surface area (TPSA) is 66.0 Å². The Hall–Kier alpha value is -2.86. The van der Waals surface area contributed by atoms with Crippen LogP contribution in [0.15, 0.2) is 48.5 Å². The van der Waals surface area contributed by atoms with Crippen molar-refractivity contribution in [2.45, 2.75) is 26.7 Å². The van der Waals surface area contributed by atoms with Crippen LogP contribution in [0.3, 0.4) is 0 Å². The van der Waals surface area contributed by atoms with Crippen LogP contribution in [0.5, 0.6) is 0 Å². The molecule has 146 valence electrons. The lowest BCUT2D eigenvalue weighted by Crippen LogP contribution is -2.21. The van der Waals surface area contributed by atoms with Crippen molar-refractivity contribution in [2.75, 3.05) is 28.6 Å². The van der Waals surface area contributed by atoms with Crippen LogP contribution in [0.4, 0.5) is 29.2 Å². The lowest BCUT2D eigenvalue weighted by Gasteiger charge is -2.17. The van der Waals surface area contributed by atoms with Crippen molar-refractivity contribution < 1.29 is 0 Å². The van der Waals surface area contributed by atoms with Gasteiger partial charge in [-0.2, -0.15) is 15.0 Å². The van der Waals surface area contributed by atoms with E-state index < -0.39 is 0 Å². The number of aromatic nitrogens is 3. The first-order valence-corrected chi connectivity index (χ1v) is 9.34. The van der Waals surface area contributed by atoms with Crippen molar-refractivity contribution in [3.05, 3.63) is 59.7 Å². The molecule has 1 aromatic heterocycles. The lowest BCUT2D eigenvalue weighted by molar-refractivity contribution is 0.886. The molecule has 2 aromatic carbocycles. The van der Waals surface area contributed by atoms with Crippen molar-refractivity contribution in [1.82, 2.24) is 15.0 Å². The van der Waals surface area contributed by atoms with E-state index in [1.54, 1.807) is 0 Å². The third-order valence-corrected chi connectivity index (χ3v) is 4.52. The van der Waals surface area contributed by atoms with Gasteiger partial charge in [-0.3, -0.25) is 0 Å². The molecule has 3 aromatic rings. The Labute approximate surface area is 171 Å². The summed E-state index contributed by atoms with van der Waals surface area (Å²) >= 11 is 0. The number of para-hydroxylation sites is 1. The Bertz CT molecular complexity index is 905. The first-order valence-electron chi connectivity index (χ1n) is 9.34. The Morgan fingerprint density at radius 3 is 1.93 bits per heavy atom. The number of aryl methyl sites for hydroxylation is 2. The van der Waals surface area contributed by atoms with Crippen molar-refractivity contribution >= 4 is 41.6 Å². The predicted octanol–water partition coefficient (Wildman–Crippen LogP) is 5.00. The lowest BCUT2D eigenvalue weighted by atomic mass is 10.1. The summed E-state index contributed by atoms with van der Waals surface area (Å²) in [6.45, 7) is 6.14. The van der Waals surface area contributed by atoms with E-state index in [-0.39, 0.29) is 12.4 Å². The normalized spacial score (nSPS) is 13.1. The van der Waals surface area contributed by atoms with Gasteiger partial charge in [0.1, 0.15) is 0 Å². The molecule has 1 fully saturated rings. The van der Waals surface area contributed by atoms with Gasteiger partial charge in [0.2, 0.25) is 17.8 Å². The van der Waals surface area contributed by atoms with E-state index >= 15 is 0 Å². The summed E-state index contributed by atoms with van der Waals surface area (Å²) in [6.07, 6.45) is 2.35. The monoisotopic (exact) mass is 396 g/mol. The first kappa shape index (κ1) is 19.9. The SMILES string of the molecule is Cc1cc(C)cc(Nc2nc(Nc3ccccc3)nc(N3CCCC3)n2)c1.Cl. The van der Waals surface area contributed by atoms with Gasteiger partial charge < -0.3 is 15.5 Å². The summed E-state index contributed by atoms with van der Waals surface area (Å²) in [4.78, 5) is 16.1. The second kappa shape index (κ2) is 8.89. The molecule has 2 heterocycles. The molecule has 7 heteroatoms. The summed E-state index contributed by atoms with van der Waals surface area (Å²) in [6, 6.07) is 16.3. The zero-order valence-corrected chi connectivity index (χ0v) is 17.0. The van der Waals surface area contributed by atoms with Crippen LogP contribution in [0.25, 0.3) is 0 Å². The molecule has 0 amide bonds. The smallest absolute Gasteiger partial charge is 0.233 e. The van der Waals surface area contributed by atoms with Crippen molar-refractivity contribution in [2.24, 2.45) is 0 Å². The Morgan fingerprint density at radius 2 is 1.32 bits per heavy atom. The maximum absolute atomic E-state index is 4.66. The third-order valence-electron chi connectivity index (χ3n) is 4.52. The molecule has 0 atom stereocenters. The van der Waals surface area contributed by atoms with Gasteiger partial charge in [-0.1, -0.05) is 24.3 Å². The van der Waals surface area contributed by atoms with Gasteiger partial charge >= 0.3 is 0 Å². The molecule has 4 rings (SSSR count). The van der Waals surface area contributed by atoms with Gasteiger partial charge in [0.05, 0.1) is 0 Å². The minimum absolute atomic E-state index is 0. The average Bonchev–Trinajstić information content (AvgIpc) is 3.16. The maximum atomic E-state index is 4.66. The number of nitrogens with one attached hydrogen (secondary N) is 2. The number of nitrogens with zero attached hydrogens (tertiary/aromatic N) is 4. The minimum Gasteiger partial charge on any atom is -0.341 e. The van der Waals surface area contributed by atoms with E-state index in [2.05, 4.69) is 62.5 Å². The molecule has 0 unspecified atom stereocenters. The summed E-state index contributed by atoms with van der Waals surface area (Å²) in [5.74, 6) is 1.81. The van der Waals surface area contributed by atoms with Crippen LogP contribution in [-0.2, 0) is 0 Å². The second-order valence-corrected chi connectivity index (χ2v) is 6.97. The molecule has 0 spiro atoms. The van der Waals surface area contributed by atoms with Crippen LogP contribution < -0.4 is 15.5 Å². The number of hydrogen-bond acceptors (Lipinski definition) is 6. The van der Waals surface area contributed by atoms with Crippen LogP contribution in [0.1, 0.15) is 24.0 Å². The molecule has 6 nitrogen and oxygen atoms in total. The molecule has 0 aliphatic carbocycles. The Kier molecular flexibility index (Phi) is 6.31. The van der Waals surface area contributed by atoms with E-state index in [1.165, 1.54) is 24.0 Å². The van der Waals surface area contributed by atoms with Crippen molar-refractivity contribution in [3.63, 3.8) is 0 Å². The van der Waals surface area contributed by atoms with Crippen LogP contribution >= 0.6 is 12.4 Å². The highest BCUT2D eigenvalue weighted by molar-refractivity contribution is 5.85. The fourth-order valence-corrected chi connectivity index (χ4v) is 3.36. The highest BCUT2D eigenvalue weighted by Crippen LogP contribution is 2.23. The van der Waals surface area contributed by atoms with Gasteiger partial charge in [0.15, 0.2) is 0 Å². The zero-order chi connectivity index (χ0) is 18.6. The maximum Gasteiger partial charge on any atom is 0.233 e. The van der Waals surface area contributed by atoms with E-state index in [1.807, 2.05) is 30.3 Å². The zero-order valence-electron chi connectivity index (χ0n) is 16.1. The summed E-state index contributed by atoms with van der Waals surface area (Å²) in [5, 5.41) is 6.63. The summed E-state index contributed by atoms with van der Waals surface area (Å²) < 4.78 is 0. The molecular formula is C21H25ClN6. The van der Waals surface area contributed by atoms with E-state index in [9.17, 15) is 0 Å². The number of hydrogen-bond donors (Lipinski definition) is 2. The molecule has 0 radical (unpaired) electrons. The van der Waals surface area contributed by atoms with Crippen LogP contribution in [-0.4, -0.2) is 28.0 Å². The fraction of sp³-hybridized carbons (Fsp3) is 0.286. The number of halogens is 1. The Balaban J connectivity index is 0.00000225. The van der Waals surface area contributed by atoms with Crippen molar-refractivity contribution in [1.29, 1.82) is 0 Å². The molecule has 2 N–H and O–H groups in total. The minimum atomic E-state index is 0. The summed E-state index contributed by atoms with van der Waals surface area (Å²) in [5.41, 5.74) is 4.34. The number of benzene rings is 2. The fourth-order valence-electron chi connectivity index (χ4n) is 3.36. The van der Waals surface area contributed by atoms with Gasteiger partial charge in [-0.25, -0.2) is 0 Å². The molecule has 1 saturated heterocycles. The third kappa shape index (κ3) is 4.89. The molecule has 1 aliphatic heterocycles. The quantitative estimate of drug-likeness (QED) is 0.632. The standard InChI is InChI=1S/C21H24N6.ClH/c1-15-12-16(2)14-18(13-15)23-20-24-19(22-17-8-4-3-5-9-17)25-21(26-20)27-10-6-7-11-27;/h3-5,8-9,12-14H,6-7,10-11H2,1-2H3,(H2,22,23,24,25,26);1H. The molecule has 0 bridgehead atoms. The van der Waals surface area contributed by atoms with E-state index in [0.717, 1.165) is 24.5 Å². The highest BCUT2D eigenvalue weighted by atomic mass is 35.5. The van der Waals surface area contributed by atoms with Crippen LogP contribution in [0.2, 0.25) is 0 Å². The molecule has 0 saturated carbocycles. The van der Waals surface area contributed by atoms with Gasteiger partial charge in [0.25, 0.3) is 0 Å². The molecule has 28 heavy (non-hydrogen) atoms. The number of rotatable bonds is 5. The van der Waals surface area contributed by atoms with Crippen molar-refractivity contribution in [3.8, 4) is 0 Å². The number of anilines is 5. The molecular weight excluding hydrogens is 372 g/mol. The van der Waals surface area contributed by atoms with Gasteiger partial charge in [0, 0.05) is 24.5 Å². The second-order valence-electron chi connectivity index (χ2n) is 6.97. The van der Waals surface area contributed by atoms with E-state index in [0.29, 0.717) is 17.8 Å². The van der Waals surface area contributed by atoms with Crippen LogP contribution in [0, 0.1) is 13.8 Å². The average molecular weight is 397 g/mol. The predicted molar refractivity (Wildman–Crippen MR) is 117 cm³/mol. The summed E-state index contributed by atoms with van der Waals surface area (Å²) in [7, 11) is 0. The first-order chi connectivity index (χ1) is 13.2. The largest absolute Gasteiger partial charge is 0.341 e. The van der Waals surface area contributed by atoms with E-state index in [4.69, 9.17) is 0 Å². The Morgan fingerprint density at radius 1 is 0.750 bits per heavy atom. The van der Waals surface area contributed by atoms with Gasteiger partial charge in [-0.05, 0) is 62.1 Å².